The lowest BCUT2D eigenvalue weighted by Gasteiger charge is -2.22. The monoisotopic (exact) mass is 249 g/mol. The molecule has 3 rings (SSSR count). The summed E-state index contributed by atoms with van der Waals surface area (Å²) in [5.74, 6) is 1.92. The highest BCUT2D eigenvalue weighted by Crippen LogP contribution is 2.47. The smallest absolute Gasteiger partial charge is 0.165 e. The summed E-state index contributed by atoms with van der Waals surface area (Å²) in [5.41, 5.74) is 0.651. The van der Waals surface area contributed by atoms with Crippen molar-refractivity contribution in [3.8, 4) is 5.75 Å². The van der Waals surface area contributed by atoms with Crippen LogP contribution in [0.4, 0.5) is 4.39 Å². The first-order chi connectivity index (χ1) is 8.74. The Bertz CT molecular complexity index is 435. The van der Waals surface area contributed by atoms with Crippen LogP contribution in [0.3, 0.4) is 0 Å². The van der Waals surface area contributed by atoms with Gasteiger partial charge in [0, 0.05) is 12.1 Å². The minimum absolute atomic E-state index is 0.210. The summed E-state index contributed by atoms with van der Waals surface area (Å²) in [6, 6.07) is 4.70. The van der Waals surface area contributed by atoms with E-state index in [2.05, 4.69) is 5.32 Å². The van der Waals surface area contributed by atoms with Gasteiger partial charge in [-0.25, -0.2) is 4.39 Å². The van der Waals surface area contributed by atoms with Gasteiger partial charge in [0.15, 0.2) is 11.6 Å². The SMILES string of the molecule is Oc1c(F)cccc1CNCC1CC2CCC1C2. The summed E-state index contributed by atoms with van der Waals surface area (Å²) in [6.45, 7) is 1.55. The van der Waals surface area contributed by atoms with Crippen LogP contribution in [0.25, 0.3) is 0 Å². The third kappa shape index (κ3) is 2.24. The molecule has 2 aliphatic rings. The summed E-state index contributed by atoms with van der Waals surface area (Å²) in [4.78, 5) is 0. The molecule has 2 N–H and O–H groups in total. The first-order valence-corrected chi connectivity index (χ1v) is 6.91. The normalized spacial score (nSPS) is 29.9. The van der Waals surface area contributed by atoms with E-state index in [4.69, 9.17) is 0 Å². The number of phenolic OH excluding ortho intramolecular Hbond substituents is 1. The Morgan fingerprint density at radius 3 is 2.89 bits per heavy atom. The average molecular weight is 249 g/mol. The van der Waals surface area contributed by atoms with E-state index in [0.29, 0.717) is 12.1 Å². The number of rotatable bonds is 4. The molecule has 2 saturated carbocycles. The maximum atomic E-state index is 13.2. The fourth-order valence-electron chi connectivity index (χ4n) is 3.72. The van der Waals surface area contributed by atoms with Gasteiger partial charge in [-0.3, -0.25) is 0 Å². The Kier molecular flexibility index (Phi) is 3.25. The number of halogens is 1. The van der Waals surface area contributed by atoms with E-state index in [1.165, 1.54) is 31.7 Å². The molecular formula is C15H20FNO. The molecule has 0 aliphatic heterocycles. The van der Waals surface area contributed by atoms with Crippen molar-refractivity contribution in [1.29, 1.82) is 0 Å². The summed E-state index contributed by atoms with van der Waals surface area (Å²) < 4.78 is 13.2. The van der Waals surface area contributed by atoms with Crippen LogP contribution >= 0.6 is 0 Å². The van der Waals surface area contributed by atoms with Gasteiger partial charge >= 0.3 is 0 Å². The third-order valence-corrected chi connectivity index (χ3v) is 4.68. The van der Waals surface area contributed by atoms with E-state index in [1.54, 1.807) is 12.1 Å². The molecule has 3 heteroatoms. The maximum absolute atomic E-state index is 13.2. The zero-order valence-corrected chi connectivity index (χ0v) is 10.5. The number of aromatic hydroxyl groups is 1. The van der Waals surface area contributed by atoms with Crippen LogP contribution in [0, 0.1) is 23.6 Å². The quantitative estimate of drug-likeness (QED) is 0.859. The lowest BCUT2D eigenvalue weighted by atomic mass is 9.89. The molecule has 2 aliphatic carbocycles. The van der Waals surface area contributed by atoms with E-state index >= 15 is 0 Å². The second kappa shape index (κ2) is 4.88. The molecule has 0 heterocycles. The van der Waals surface area contributed by atoms with Gasteiger partial charge in [-0.05, 0) is 49.6 Å². The lowest BCUT2D eigenvalue weighted by Crippen LogP contribution is -2.26. The number of nitrogens with one attached hydrogen (secondary N) is 1. The molecule has 2 bridgehead atoms. The van der Waals surface area contributed by atoms with E-state index in [1.807, 2.05) is 0 Å². The number of hydrogen-bond donors (Lipinski definition) is 2. The molecule has 3 unspecified atom stereocenters. The van der Waals surface area contributed by atoms with Crippen molar-refractivity contribution in [1.82, 2.24) is 5.32 Å². The molecule has 1 aromatic carbocycles. The van der Waals surface area contributed by atoms with Crippen LogP contribution in [-0.4, -0.2) is 11.7 Å². The molecule has 2 fully saturated rings. The topological polar surface area (TPSA) is 32.3 Å². The van der Waals surface area contributed by atoms with Crippen LogP contribution in [0.15, 0.2) is 18.2 Å². The summed E-state index contributed by atoms with van der Waals surface area (Å²) >= 11 is 0. The summed E-state index contributed by atoms with van der Waals surface area (Å²) in [6.07, 6.45) is 5.58. The zero-order chi connectivity index (χ0) is 12.5. The lowest BCUT2D eigenvalue weighted by molar-refractivity contribution is 0.317. The van der Waals surface area contributed by atoms with Crippen molar-refractivity contribution >= 4 is 0 Å². The molecule has 98 valence electrons. The van der Waals surface area contributed by atoms with Gasteiger partial charge in [0.1, 0.15) is 0 Å². The predicted molar refractivity (Wildman–Crippen MR) is 68.7 cm³/mol. The third-order valence-electron chi connectivity index (χ3n) is 4.68. The van der Waals surface area contributed by atoms with Crippen molar-refractivity contribution in [2.75, 3.05) is 6.54 Å². The Morgan fingerprint density at radius 2 is 2.17 bits per heavy atom. The van der Waals surface area contributed by atoms with Gasteiger partial charge in [-0.1, -0.05) is 18.6 Å². The Morgan fingerprint density at radius 1 is 1.28 bits per heavy atom. The Hall–Kier alpha value is -1.09. The van der Waals surface area contributed by atoms with Crippen molar-refractivity contribution in [2.45, 2.75) is 32.2 Å². The number of hydrogen-bond acceptors (Lipinski definition) is 2. The van der Waals surface area contributed by atoms with Crippen LogP contribution in [0.5, 0.6) is 5.75 Å². The molecule has 0 spiro atoms. The van der Waals surface area contributed by atoms with Gasteiger partial charge in [-0.2, -0.15) is 0 Å². The van der Waals surface area contributed by atoms with Gasteiger partial charge in [-0.15, -0.1) is 0 Å². The number of phenols is 1. The van der Waals surface area contributed by atoms with E-state index in [0.717, 1.165) is 24.3 Å². The number of fused-ring (bicyclic) bond motifs is 2. The van der Waals surface area contributed by atoms with Gasteiger partial charge < -0.3 is 10.4 Å². The Balaban J connectivity index is 1.51. The molecule has 0 saturated heterocycles. The van der Waals surface area contributed by atoms with Crippen LogP contribution < -0.4 is 5.32 Å². The van der Waals surface area contributed by atoms with E-state index in [9.17, 15) is 9.50 Å². The minimum Gasteiger partial charge on any atom is -0.505 e. The second-order valence-corrected chi connectivity index (χ2v) is 5.81. The molecule has 0 radical (unpaired) electrons. The van der Waals surface area contributed by atoms with Gasteiger partial charge in [0.05, 0.1) is 0 Å². The molecule has 3 atom stereocenters. The van der Waals surface area contributed by atoms with Crippen LogP contribution in [0.2, 0.25) is 0 Å². The highest BCUT2D eigenvalue weighted by atomic mass is 19.1. The number of benzene rings is 1. The van der Waals surface area contributed by atoms with Crippen molar-refractivity contribution in [3.05, 3.63) is 29.6 Å². The summed E-state index contributed by atoms with van der Waals surface area (Å²) in [7, 11) is 0. The Labute approximate surface area is 107 Å². The second-order valence-electron chi connectivity index (χ2n) is 5.81. The highest BCUT2D eigenvalue weighted by molar-refractivity contribution is 5.33. The summed E-state index contributed by atoms with van der Waals surface area (Å²) in [5, 5.41) is 12.9. The van der Waals surface area contributed by atoms with Gasteiger partial charge in [0.25, 0.3) is 0 Å². The van der Waals surface area contributed by atoms with Crippen molar-refractivity contribution < 1.29 is 9.50 Å². The zero-order valence-electron chi connectivity index (χ0n) is 10.5. The molecule has 2 nitrogen and oxygen atoms in total. The van der Waals surface area contributed by atoms with E-state index in [-0.39, 0.29) is 5.75 Å². The van der Waals surface area contributed by atoms with Gasteiger partial charge in [0.2, 0.25) is 0 Å². The predicted octanol–water partition coefficient (Wildman–Crippen LogP) is 3.06. The van der Waals surface area contributed by atoms with Crippen molar-refractivity contribution in [3.63, 3.8) is 0 Å². The van der Waals surface area contributed by atoms with Crippen LogP contribution in [-0.2, 0) is 6.54 Å². The first-order valence-electron chi connectivity index (χ1n) is 6.91. The molecule has 18 heavy (non-hydrogen) atoms. The largest absolute Gasteiger partial charge is 0.505 e. The fraction of sp³-hybridized carbons (Fsp3) is 0.600. The minimum atomic E-state index is -0.533. The molecular weight excluding hydrogens is 229 g/mol. The van der Waals surface area contributed by atoms with Crippen molar-refractivity contribution in [2.24, 2.45) is 17.8 Å². The van der Waals surface area contributed by atoms with E-state index < -0.39 is 5.82 Å². The average Bonchev–Trinajstić information content (AvgIpc) is 2.97. The molecule has 0 amide bonds. The highest BCUT2D eigenvalue weighted by Gasteiger charge is 2.38. The standard InChI is InChI=1S/C15H20FNO/c16-14-3-1-2-12(15(14)18)8-17-9-13-7-10-4-5-11(13)6-10/h1-3,10-11,13,17-18H,4-9H2. The number of para-hydroxylation sites is 1. The first kappa shape index (κ1) is 12.0. The molecule has 1 aromatic rings. The maximum Gasteiger partial charge on any atom is 0.165 e. The fourth-order valence-corrected chi connectivity index (χ4v) is 3.72. The molecule has 0 aromatic heterocycles. The van der Waals surface area contributed by atoms with Crippen LogP contribution in [0.1, 0.15) is 31.2 Å².